The maximum Gasteiger partial charge on any atom is 0.260 e. The Bertz CT molecular complexity index is 671. The molecule has 1 fully saturated rings. The Balaban J connectivity index is 2.16. The SMILES string of the molecule is Cc1nc(S(=O)(=O)NC2CC2)c2ccccn12. The van der Waals surface area contributed by atoms with Gasteiger partial charge in [-0.25, -0.2) is 18.1 Å². The topological polar surface area (TPSA) is 63.5 Å². The van der Waals surface area contributed by atoms with Gasteiger partial charge in [-0.15, -0.1) is 0 Å². The molecule has 17 heavy (non-hydrogen) atoms. The van der Waals surface area contributed by atoms with Crippen LogP contribution in [-0.2, 0) is 10.0 Å². The third kappa shape index (κ3) is 1.83. The summed E-state index contributed by atoms with van der Waals surface area (Å²) in [5.41, 5.74) is 0.623. The van der Waals surface area contributed by atoms with Gasteiger partial charge in [0, 0.05) is 12.2 Å². The summed E-state index contributed by atoms with van der Waals surface area (Å²) >= 11 is 0. The largest absolute Gasteiger partial charge is 0.303 e. The van der Waals surface area contributed by atoms with Gasteiger partial charge < -0.3 is 4.40 Å². The van der Waals surface area contributed by atoms with Crippen molar-refractivity contribution < 1.29 is 8.42 Å². The molecule has 0 aliphatic heterocycles. The Morgan fingerprint density at radius 2 is 2.18 bits per heavy atom. The lowest BCUT2D eigenvalue weighted by molar-refractivity contribution is 0.578. The lowest BCUT2D eigenvalue weighted by atomic mass is 10.4. The fourth-order valence-electron chi connectivity index (χ4n) is 1.83. The Morgan fingerprint density at radius 3 is 2.88 bits per heavy atom. The smallest absolute Gasteiger partial charge is 0.260 e. The van der Waals surface area contributed by atoms with Crippen LogP contribution in [-0.4, -0.2) is 23.8 Å². The zero-order valence-corrected chi connectivity index (χ0v) is 10.2. The van der Waals surface area contributed by atoms with Crippen LogP contribution in [0.2, 0.25) is 0 Å². The minimum atomic E-state index is -3.48. The molecular weight excluding hydrogens is 238 g/mol. The van der Waals surface area contributed by atoms with Gasteiger partial charge >= 0.3 is 0 Å². The van der Waals surface area contributed by atoms with Crippen LogP contribution in [0.5, 0.6) is 0 Å². The quantitative estimate of drug-likeness (QED) is 0.888. The minimum absolute atomic E-state index is 0.0979. The Labute approximate surface area is 99.5 Å². The highest BCUT2D eigenvalue weighted by molar-refractivity contribution is 7.89. The minimum Gasteiger partial charge on any atom is -0.303 e. The molecule has 0 atom stereocenters. The number of fused-ring (bicyclic) bond motifs is 1. The molecule has 0 saturated heterocycles. The van der Waals surface area contributed by atoms with Crippen molar-refractivity contribution in [3.63, 3.8) is 0 Å². The predicted molar refractivity (Wildman–Crippen MR) is 63.3 cm³/mol. The van der Waals surface area contributed by atoms with Crippen LogP contribution in [0.3, 0.4) is 0 Å². The summed E-state index contributed by atoms with van der Waals surface area (Å²) in [6.07, 6.45) is 3.65. The first-order chi connectivity index (χ1) is 8.08. The molecule has 2 heterocycles. The molecule has 0 amide bonds. The van der Waals surface area contributed by atoms with E-state index in [0.29, 0.717) is 11.3 Å². The first kappa shape index (κ1) is 10.7. The summed E-state index contributed by atoms with van der Waals surface area (Å²) in [5, 5.41) is 0.127. The zero-order chi connectivity index (χ0) is 12.0. The Morgan fingerprint density at radius 1 is 1.41 bits per heavy atom. The van der Waals surface area contributed by atoms with Crippen molar-refractivity contribution in [3.05, 3.63) is 30.2 Å². The van der Waals surface area contributed by atoms with Gasteiger partial charge in [-0.05, 0) is 31.9 Å². The molecule has 0 spiro atoms. The first-order valence-corrected chi connectivity index (χ1v) is 7.02. The van der Waals surface area contributed by atoms with Crippen molar-refractivity contribution >= 4 is 15.5 Å². The molecule has 2 aromatic heterocycles. The van der Waals surface area contributed by atoms with Gasteiger partial charge in [0.1, 0.15) is 5.82 Å². The molecule has 1 aliphatic rings. The predicted octanol–water partition coefficient (Wildman–Crippen LogP) is 1.08. The number of hydrogen-bond acceptors (Lipinski definition) is 3. The summed E-state index contributed by atoms with van der Waals surface area (Å²) in [6.45, 7) is 1.79. The summed E-state index contributed by atoms with van der Waals surface area (Å²) in [4.78, 5) is 4.15. The highest BCUT2D eigenvalue weighted by atomic mass is 32.2. The first-order valence-electron chi connectivity index (χ1n) is 5.54. The van der Waals surface area contributed by atoms with Crippen molar-refractivity contribution in [1.29, 1.82) is 0 Å². The van der Waals surface area contributed by atoms with E-state index in [-0.39, 0.29) is 11.1 Å². The second-order valence-corrected chi connectivity index (χ2v) is 5.94. The van der Waals surface area contributed by atoms with Crippen molar-refractivity contribution in [2.24, 2.45) is 0 Å². The van der Waals surface area contributed by atoms with Gasteiger partial charge in [0.05, 0.1) is 5.52 Å². The van der Waals surface area contributed by atoms with E-state index in [4.69, 9.17) is 0 Å². The molecule has 3 rings (SSSR count). The molecule has 1 aliphatic carbocycles. The lowest BCUT2D eigenvalue weighted by Crippen LogP contribution is -2.26. The summed E-state index contributed by atoms with van der Waals surface area (Å²) in [6, 6.07) is 5.53. The van der Waals surface area contributed by atoms with Crippen molar-refractivity contribution in [1.82, 2.24) is 14.1 Å². The van der Waals surface area contributed by atoms with Crippen LogP contribution >= 0.6 is 0 Å². The van der Waals surface area contributed by atoms with Crippen molar-refractivity contribution in [2.75, 3.05) is 0 Å². The molecule has 2 aromatic rings. The van der Waals surface area contributed by atoms with Gasteiger partial charge in [-0.2, -0.15) is 0 Å². The van der Waals surface area contributed by atoms with E-state index in [1.807, 2.05) is 18.3 Å². The number of sulfonamides is 1. The van der Waals surface area contributed by atoms with Crippen LogP contribution in [0.4, 0.5) is 0 Å². The van der Waals surface area contributed by atoms with Crippen LogP contribution in [0.25, 0.3) is 5.52 Å². The van der Waals surface area contributed by atoms with Crippen molar-refractivity contribution in [2.45, 2.75) is 30.8 Å². The second-order valence-electron chi connectivity index (χ2n) is 4.32. The maximum absolute atomic E-state index is 12.1. The van der Waals surface area contributed by atoms with Crippen LogP contribution in [0.15, 0.2) is 29.4 Å². The molecule has 0 radical (unpaired) electrons. The number of pyridine rings is 1. The molecule has 1 saturated carbocycles. The molecule has 90 valence electrons. The van der Waals surface area contributed by atoms with E-state index in [1.54, 1.807) is 17.4 Å². The third-order valence-corrected chi connectivity index (χ3v) is 4.30. The molecule has 1 N–H and O–H groups in total. The third-order valence-electron chi connectivity index (χ3n) is 2.84. The summed E-state index contributed by atoms with van der Waals surface area (Å²) in [5.74, 6) is 0.678. The normalized spacial score (nSPS) is 16.5. The number of rotatable bonds is 3. The monoisotopic (exact) mass is 251 g/mol. The summed E-state index contributed by atoms with van der Waals surface area (Å²) < 4.78 is 28.7. The van der Waals surface area contributed by atoms with Crippen LogP contribution < -0.4 is 4.72 Å². The molecule has 6 heteroatoms. The highest BCUT2D eigenvalue weighted by Crippen LogP contribution is 2.24. The lowest BCUT2D eigenvalue weighted by Gasteiger charge is -2.02. The molecule has 5 nitrogen and oxygen atoms in total. The van der Waals surface area contributed by atoms with E-state index in [2.05, 4.69) is 9.71 Å². The number of hydrogen-bond donors (Lipinski definition) is 1. The highest BCUT2D eigenvalue weighted by Gasteiger charge is 2.30. The van der Waals surface area contributed by atoms with Gasteiger partial charge in [-0.3, -0.25) is 0 Å². The fourth-order valence-corrected chi connectivity index (χ4v) is 3.31. The maximum atomic E-state index is 12.1. The van der Waals surface area contributed by atoms with Crippen LogP contribution in [0.1, 0.15) is 18.7 Å². The molecule has 0 unspecified atom stereocenters. The van der Waals surface area contributed by atoms with Gasteiger partial charge in [0.15, 0.2) is 5.03 Å². The summed E-state index contributed by atoms with van der Waals surface area (Å²) in [7, 11) is -3.48. The van der Waals surface area contributed by atoms with Crippen LogP contribution in [0, 0.1) is 6.92 Å². The van der Waals surface area contributed by atoms with Gasteiger partial charge in [0.25, 0.3) is 10.0 Å². The average Bonchev–Trinajstić information content (AvgIpc) is 3.02. The molecular formula is C11H13N3O2S. The number of aromatic nitrogens is 2. The van der Waals surface area contributed by atoms with Crippen molar-refractivity contribution in [3.8, 4) is 0 Å². The van der Waals surface area contributed by atoms with Gasteiger partial charge in [0.2, 0.25) is 0 Å². The Hall–Kier alpha value is -1.40. The molecule has 0 aromatic carbocycles. The fraction of sp³-hybridized carbons (Fsp3) is 0.364. The van der Waals surface area contributed by atoms with Gasteiger partial charge in [-0.1, -0.05) is 6.07 Å². The standard InChI is InChI=1S/C11H13N3O2S/c1-8-12-11(10-4-2-3-7-14(8)10)17(15,16)13-9-5-6-9/h2-4,7,9,13H,5-6H2,1H3. The number of nitrogens with one attached hydrogen (secondary N) is 1. The zero-order valence-electron chi connectivity index (χ0n) is 9.42. The van der Waals surface area contributed by atoms with E-state index >= 15 is 0 Å². The van der Waals surface area contributed by atoms with E-state index in [0.717, 1.165) is 12.8 Å². The Kier molecular flexibility index (Phi) is 2.24. The second kappa shape index (κ2) is 3.54. The van der Waals surface area contributed by atoms with E-state index in [9.17, 15) is 8.42 Å². The number of nitrogens with zero attached hydrogens (tertiary/aromatic N) is 2. The van der Waals surface area contributed by atoms with E-state index < -0.39 is 10.0 Å². The van der Waals surface area contributed by atoms with E-state index in [1.165, 1.54) is 0 Å². The average molecular weight is 251 g/mol. The number of imidazole rings is 1. The number of aryl methyl sites for hydroxylation is 1. The molecule has 0 bridgehead atoms.